The fourth-order valence-corrected chi connectivity index (χ4v) is 2.54. The first-order valence-electron chi connectivity index (χ1n) is 6.58. The minimum absolute atomic E-state index is 0.146. The molecule has 2 atom stereocenters. The van der Waals surface area contributed by atoms with Gasteiger partial charge in [-0.1, -0.05) is 6.42 Å². The largest absolute Gasteiger partial charge is 0.313 e. The first-order valence-corrected chi connectivity index (χ1v) is 6.58. The van der Waals surface area contributed by atoms with Gasteiger partial charge in [0.25, 0.3) is 5.69 Å². The van der Waals surface area contributed by atoms with Crippen molar-refractivity contribution >= 4 is 11.4 Å². The smallest absolute Gasteiger partial charge is 0.275 e. The summed E-state index contributed by atoms with van der Waals surface area (Å²) in [5, 5.41) is 12.4. The minimum Gasteiger partial charge on any atom is -0.313 e. The van der Waals surface area contributed by atoms with Crippen LogP contribution in [0, 0.1) is 21.7 Å². The van der Waals surface area contributed by atoms with Crippen molar-refractivity contribution in [3.63, 3.8) is 0 Å². The summed E-state index contributed by atoms with van der Waals surface area (Å²) in [5.41, 5.74) is 1.81. The van der Waals surface area contributed by atoms with Crippen molar-refractivity contribution in [3.05, 3.63) is 33.9 Å². The van der Waals surface area contributed by atoms with Crippen LogP contribution >= 0.6 is 0 Å². The highest BCUT2D eigenvalue weighted by atomic mass is 19.1. The van der Waals surface area contributed by atoms with Crippen LogP contribution in [0.4, 0.5) is 20.2 Å². The van der Waals surface area contributed by atoms with Crippen LogP contribution in [0.1, 0.15) is 33.1 Å². The number of benzene rings is 1. The number of hydrogen-bond donors (Lipinski definition) is 1. The molecular weight excluding hydrogens is 268 g/mol. The zero-order chi connectivity index (χ0) is 14.9. The standard InChI is InChI=1S/C13H17F2N3O2/c1-8-4-3-5-9(2)17(8)16-13-11(14)6-10(18(19)20)7-12(13)15/h6-9,16H,3-5H2,1-2H3. The number of halogens is 2. The average molecular weight is 285 g/mol. The highest BCUT2D eigenvalue weighted by Gasteiger charge is 2.27. The van der Waals surface area contributed by atoms with E-state index in [0.29, 0.717) is 0 Å². The molecule has 2 rings (SSSR count). The molecule has 110 valence electrons. The zero-order valence-corrected chi connectivity index (χ0v) is 11.4. The number of nitrogens with zero attached hydrogens (tertiary/aromatic N) is 2. The Bertz CT molecular complexity index is 491. The lowest BCUT2D eigenvalue weighted by Gasteiger charge is -2.39. The van der Waals surface area contributed by atoms with E-state index in [1.807, 2.05) is 13.8 Å². The topological polar surface area (TPSA) is 58.4 Å². The van der Waals surface area contributed by atoms with E-state index in [-0.39, 0.29) is 17.8 Å². The van der Waals surface area contributed by atoms with Crippen molar-refractivity contribution in [2.45, 2.75) is 45.2 Å². The molecule has 1 fully saturated rings. The van der Waals surface area contributed by atoms with Crippen molar-refractivity contribution in [1.29, 1.82) is 0 Å². The molecule has 5 nitrogen and oxygen atoms in total. The second-order valence-corrected chi connectivity index (χ2v) is 5.19. The normalized spacial score (nSPS) is 23.6. The molecule has 1 saturated heterocycles. The molecule has 0 aliphatic carbocycles. The van der Waals surface area contributed by atoms with Gasteiger partial charge in [0.05, 0.1) is 17.1 Å². The van der Waals surface area contributed by atoms with Crippen LogP contribution in [0.3, 0.4) is 0 Å². The maximum absolute atomic E-state index is 13.8. The Kier molecular flexibility index (Phi) is 4.17. The van der Waals surface area contributed by atoms with Crippen LogP contribution in [0.15, 0.2) is 12.1 Å². The van der Waals surface area contributed by atoms with Gasteiger partial charge >= 0.3 is 0 Å². The maximum atomic E-state index is 13.8. The summed E-state index contributed by atoms with van der Waals surface area (Å²) in [7, 11) is 0. The number of hydrogen-bond acceptors (Lipinski definition) is 4. The predicted octanol–water partition coefficient (Wildman–Crippen LogP) is 3.46. The number of rotatable bonds is 3. The lowest BCUT2D eigenvalue weighted by Crippen LogP contribution is -2.47. The van der Waals surface area contributed by atoms with Gasteiger partial charge in [-0.25, -0.2) is 13.8 Å². The van der Waals surface area contributed by atoms with Gasteiger partial charge in [0.15, 0.2) is 11.6 Å². The van der Waals surface area contributed by atoms with E-state index in [4.69, 9.17) is 0 Å². The third-order valence-corrected chi connectivity index (χ3v) is 3.67. The molecule has 0 spiro atoms. The number of hydrazine groups is 1. The Morgan fingerprint density at radius 2 is 1.75 bits per heavy atom. The average Bonchev–Trinajstić information content (AvgIpc) is 2.36. The van der Waals surface area contributed by atoms with Gasteiger partial charge in [0, 0.05) is 12.1 Å². The molecule has 2 unspecified atom stereocenters. The number of non-ortho nitro benzene ring substituents is 1. The van der Waals surface area contributed by atoms with Gasteiger partial charge < -0.3 is 5.43 Å². The number of nitro benzene ring substituents is 1. The molecule has 1 heterocycles. The molecule has 0 radical (unpaired) electrons. The molecule has 0 amide bonds. The van der Waals surface area contributed by atoms with Gasteiger partial charge in [-0.2, -0.15) is 0 Å². The fourth-order valence-electron chi connectivity index (χ4n) is 2.54. The number of nitro groups is 1. The van der Waals surface area contributed by atoms with Crippen LogP contribution < -0.4 is 5.43 Å². The van der Waals surface area contributed by atoms with Crippen LogP contribution in [-0.2, 0) is 0 Å². The third-order valence-electron chi connectivity index (χ3n) is 3.67. The van der Waals surface area contributed by atoms with E-state index < -0.39 is 22.2 Å². The van der Waals surface area contributed by atoms with Gasteiger partial charge in [0.2, 0.25) is 0 Å². The molecule has 20 heavy (non-hydrogen) atoms. The van der Waals surface area contributed by atoms with Gasteiger partial charge in [-0.05, 0) is 26.7 Å². The Balaban J connectivity index is 2.27. The summed E-state index contributed by atoms with van der Waals surface area (Å²) in [4.78, 5) is 9.73. The van der Waals surface area contributed by atoms with Gasteiger partial charge in [-0.3, -0.25) is 10.1 Å². The van der Waals surface area contributed by atoms with Gasteiger partial charge in [-0.15, -0.1) is 0 Å². The molecule has 1 N–H and O–H groups in total. The van der Waals surface area contributed by atoms with Crippen molar-refractivity contribution in [3.8, 4) is 0 Å². The van der Waals surface area contributed by atoms with Crippen molar-refractivity contribution in [2.24, 2.45) is 0 Å². The van der Waals surface area contributed by atoms with Crippen LogP contribution in [0.2, 0.25) is 0 Å². The summed E-state index contributed by atoms with van der Waals surface area (Å²) in [5.74, 6) is -1.91. The van der Waals surface area contributed by atoms with Crippen LogP contribution in [0.5, 0.6) is 0 Å². The summed E-state index contributed by atoms with van der Waals surface area (Å²) >= 11 is 0. The van der Waals surface area contributed by atoms with E-state index in [1.54, 1.807) is 5.01 Å². The quantitative estimate of drug-likeness (QED) is 0.682. The molecular formula is C13H17F2N3O2. The SMILES string of the molecule is CC1CCCC(C)N1Nc1c(F)cc([N+](=O)[O-])cc1F. The molecule has 1 aliphatic rings. The second-order valence-electron chi connectivity index (χ2n) is 5.19. The summed E-state index contributed by atoms with van der Waals surface area (Å²) < 4.78 is 27.7. The lowest BCUT2D eigenvalue weighted by atomic mass is 10.00. The minimum atomic E-state index is -0.957. The molecule has 1 aliphatic heterocycles. The van der Waals surface area contributed by atoms with Crippen molar-refractivity contribution in [1.82, 2.24) is 5.01 Å². The van der Waals surface area contributed by atoms with E-state index in [9.17, 15) is 18.9 Å². The van der Waals surface area contributed by atoms with Crippen molar-refractivity contribution in [2.75, 3.05) is 5.43 Å². The molecule has 1 aromatic carbocycles. The molecule has 1 aromatic rings. The Hall–Kier alpha value is -1.76. The number of anilines is 1. The Labute approximate surface area is 115 Å². The van der Waals surface area contributed by atoms with Crippen molar-refractivity contribution < 1.29 is 13.7 Å². The summed E-state index contributed by atoms with van der Waals surface area (Å²) in [6.07, 6.45) is 2.95. The molecule has 0 aromatic heterocycles. The van der Waals surface area contributed by atoms with Gasteiger partial charge in [0.1, 0.15) is 5.69 Å². The summed E-state index contributed by atoms with van der Waals surface area (Å²) in [6, 6.07) is 1.75. The highest BCUT2D eigenvalue weighted by molar-refractivity contribution is 5.51. The lowest BCUT2D eigenvalue weighted by molar-refractivity contribution is -0.385. The molecule has 0 bridgehead atoms. The zero-order valence-electron chi connectivity index (χ0n) is 11.4. The Morgan fingerprint density at radius 1 is 1.25 bits per heavy atom. The molecule has 0 saturated carbocycles. The van der Waals surface area contributed by atoms with E-state index in [1.165, 1.54) is 0 Å². The van der Waals surface area contributed by atoms with E-state index in [0.717, 1.165) is 31.4 Å². The Morgan fingerprint density at radius 3 is 2.20 bits per heavy atom. The monoisotopic (exact) mass is 285 g/mol. The third kappa shape index (κ3) is 2.87. The number of nitrogens with one attached hydrogen (secondary N) is 1. The fraction of sp³-hybridized carbons (Fsp3) is 0.538. The second kappa shape index (κ2) is 5.70. The maximum Gasteiger partial charge on any atom is 0.275 e. The number of piperidine rings is 1. The molecule has 7 heteroatoms. The first kappa shape index (κ1) is 14.6. The highest BCUT2D eigenvalue weighted by Crippen LogP contribution is 2.28. The first-order chi connectivity index (χ1) is 9.40. The summed E-state index contributed by atoms with van der Waals surface area (Å²) in [6.45, 7) is 3.95. The van der Waals surface area contributed by atoms with Crippen LogP contribution in [0.25, 0.3) is 0 Å². The van der Waals surface area contributed by atoms with Crippen LogP contribution in [-0.4, -0.2) is 22.0 Å². The predicted molar refractivity (Wildman–Crippen MR) is 71.2 cm³/mol. The van der Waals surface area contributed by atoms with E-state index >= 15 is 0 Å². The van der Waals surface area contributed by atoms with E-state index in [2.05, 4.69) is 5.43 Å².